The normalized spacial score (nSPS) is 10.4. The summed E-state index contributed by atoms with van der Waals surface area (Å²) in [6, 6.07) is 1.14. The molecule has 0 saturated heterocycles. The summed E-state index contributed by atoms with van der Waals surface area (Å²) in [6.45, 7) is 4.53. The van der Waals surface area contributed by atoms with Crippen LogP contribution in [-0.4, -0.2) is 20.4 Å². The van der Waals surface area contributed by atoms with Gasteiger partial charge in [0.25, 0.3) is 5.56 Å². The quantitative estimate of drug-likeness (QED) is 0.609. The molecule has 1 aromatic heterocycles. The average molecular weight is 214 g/mol. The molecule has 0 bridgehead atoms. The van der Waals surface area contributed by atoms with E-state index in [0.29, 0.717) is 11.7 Å². The predicted molar refractivity (Wildman–Crippen MR) is 56.9 cm³/mol. The second-order valence-electron chi connectivity index (χ2n) is 2.83. The fraction of sp³-hybridized carbons (Fsp3) is 0.556. The largest absolute Gasteiger partial charge is 0.493 e. The third-order valence-electron chi connectivity index (χ3n) is 1.71. The molecule has 0 aliphatic carbocycles. The van der Waals surface area contributed by atoms with Crippen LogP contribution >= 0.6 is 11.8 Å². The summed E-state index contributed by atoms with van der Waals surface area (Å²) >= 11 is 1.49. The van der Waals surface area contributed by atoms with Crippen LogP contribution in [0.15, 0.2) is 16.0 Å². The summed E-state index contributed by atoms with van der Waals surface area (Å²) in [7, 11) is 0. The van der Waals surface area contributed by atoms with Gasteiger partial charge in [0.2, 0.25) is 5.88 Å². The lowest BCUT2D eigenvalue weighted by Gasteiger charge is -2.08. The van der Waals surface area contributed by atoms with Gasteiger partial charge in [-0.25, -0.2) is 0 Å². The molecule has 0 amide bonds. The van der Waals surface area contributed by atoms with Gasteiger partial charge in [0.15, 0.2) is 5.16 Å². The van der Waals surface area contributed by atoms with Crippen molar-refractivity contribution in [3.63, 3.8) is 0 Å². The standard InChI is InChI=1S/C9H14N2O2S/c1-3-5-14-9-10-7(12)6-8(13)11(9)4-2/h6,12H,3-5H2,1-2H3. The van der Waals surface area contributed by atoms with Crippen molar-refractivity contribution in [3.8, 4) is 5.88 Å². The van der Waals surface area contributed by atoms with Gasteiger partial charge in [0.1, 0.15) is 0 Å². The van der Waals surface area contributed by atoms with E-state index >= 15 is 0 Å². The van der Waals surface area contributed by atoms with Gasteiger partial charge in [-0.05, 0) is 13.3 Å². The fourth-order valence-corrected chi connectivity index (χ4v) is 1.99. The summed E-state index contributed by atoms with van der Waals surface area (Å²) in [4.78, 5) is 15.3. The van der Waals surface area contributed by atoms with Gasteiger partial charge >= 0.3 is 0 Å². The zero-order valence-electron chi connectivity index (χ0n) is 8.36. The van der Waals surface area contributed by atoms with Gasteiger partial charge in [-0.3, -0.25) is 9.36 Å². The number of rotatable bonds is 4. The summed E-state index contributed by atoms with van der Waals surface area (Å²) in [5.41, 5.74) is -0.196. The van der Waals surface area contributed by atoms with E-state index in [1.165, 1.54) is 11.8 Å². The maximum Gasteiger partial charge on any atom is 0.257 e. The molecular weight excluding hydrogens is 200 g/mol. The smallest absolute Gasteiger partial charge is 0.257 e. The lowest BCUT2D eigenvalue weighted by molar-refractivity contribution is 0.434. The average Bonchev–Trinajstić information content (AvgIpc) is 2.14. The Morgan fingerprint density at radius 3 is 2.86 bits per heavy atom. The van der Waals surface area contributed by atoms with Crippen LogP contribution in [0.1, 0.15) is 20.3 Å². The zero-order chi connectivity index (χ0) is 10.6. The molecule has 78 valence electrons. The molecule has 0 unspecified atom stereocenters. The maximum absolute atomic E-state index is 11.4. The first-order chi connectivity index (χ1) is 6.69. The first-order valence-electron chi connectivity index (χ1n) is 4.62. The van der Waals surface area contributed by atoms with E-state index in [-0.39, 0.29) is 11.4 Å². The Kier molecular flexibility index (Phi) is 4.00. The molecule has 0 aromatic carbocycles. The summed E-state index contributed by atoms with van der Waals surface area (Å²) in [5.74, 6) is 0.703. The maximum atomic E-state index is 11.4. The van der Waals surface area contributed by atoms with Crippen molar-refractivity contribution in [2.24, 2.45) is 0 Å². The number of hydrogen-bond acceptors (Lipinski definition) is 4. The Bertz CT molecular complexity index is 362. The molecule has 0 spiro atoms. The van der Waals surface area contributed by atoms with Crippen LogP contribution in [0.5, 0.6) is 5.88 Å². The molecule has 0 fully saturated rings. The minimum atomic E-state index is -0.196. The van der Waals surface area contributed by atoms with Crippen LogP contribution in [-0.2, 0) is 6.54 Å². The lowest BCUT2D eigenvalue weighted by atomic mass is 10.6. The summed E-state index contributed by atoms with van der Waals surface area (Å²) in [6.07, 6.45) is 1.01. The van der Waals surface area contributed by atoms with E-state index in [2.05, 4.69) is 11.9 Å². The van der Waals surface area contributed by atoms with Crippen molar-refractivity contribution in [2.45, 2.75) is 32.0 Å². The highest BCUT2D eigenvalue weighted by Gasteiger charge is 2.06. The number of nitrogens with zero attached hydrogens (tertiary/aromatic N) is 2. The van der Waals surface area contributed by atoms with Crippen LogP contribution in [0.4, 0.5) is 0 Å². The first-order valence-corrected chi connectivity index (χ1v) is 5.61. The zero-order valence-corrected chi connectivity index (χ0v) is 9.17. The molecule has 4 nitrogen and oxygen atoms in total. The van der Waals surface area contributed by atoms with Gasteiger partial charge in [0, 0.05) is 12.3 Å². The van der Waals surface area contributed by atoms with Crippen molar-refractivity contribution in [3.05, 3.63) is 16.4 Å². The minimum absolute atomic E-state index is 0.196. The van der Waals surface area contributed by atoms with Crippen molar-refractivity contribution >= 4 is 11.8 Å². The molecule has 1 aromatic rings. The number of aromatic nitrogens is 2. The van der Waals surface area contributed by atoms with E-state index in [4.69, 9.17) is 0 Å². The molecular formula is C9H14N2O2S. The highest BCUT2D eigenvalue weighted by Crippen LogP contribution is 2.16. The lowest BCUT2D eigenvalue weighted by Crippen LogP contribution is -2.20. The van der Waals surface area contributed by atoms with E-state index < -0.39 is 0 Å². The second-order valence-corrected chi connectivity index (χ2v) is 3.89. The second kappa shape index (κ2) is 5.05. The molecule has 1 heterocycles. The molecule has 5 heteroatoms. The fourth-order valence-electron chi connectivity index (χ4n) is 1.07. The molecule has 0 aliphatic heterocycles. The van der Waals surface area contributed by atoms with Crippen molar-refractivity contribution in [1.82, 2.24) is 9.55 Å². The Balaban J connectivity index is 3.05. The van der Waals surface area contributed by atoms with E-state index in [1.807, 2.05) is 6.92 Å². The van der Waals surface area contributed by atoms with Crippen molar-refractivity contribution < 1.29 is 5.11 Å². The van der Waals surface area contributed by atoms with Gasteiger partial charge in [-0.15, -0.1) is 0 Å². The highest BCUT2D eigenvalue weighted by atomic mass is 32.2. The number of thioether (sulfide) groups is 1. The SMILES string of the molecule is CCCSc1nc(O)cc(=O)n1CC. The Morgan fingerprint density at radius 2 is 2.29 bits per heavy atom. The van der Waals surface area contributed by atoms with Crippen LogP contribution in [0.2, 0.25) is 0 Å². The molecule has 1 rings (SSSR count). The van der Waals surface area contributed by atoms with Crippen LogP contribution < -0.4 is 5.56 Å². The summed E-state index contributed by atoms with van der Waals surface area (Å²) in [5, 5.41) is 9.77. The van der Waals surface area contributed by atoms with E-state index in [1.54, 1.807) is 4.57 Å². The number of aromatic hydroxyl groups is 1. The van der Waals surface area contributed by atoms with E-state index in [9.17, 15) is 9.90 Å². The highest BCUT2D eigenvalue weighted by molar-refractivity contribution is 7.99. The third-order valence-corrected chi connectivity index (χ3v) is 2.89. The van der Waals surface area contributed by atoms with Crippen molar-refractivity contribution in [2.75, 3.05) is 5.75 Å². The van der Waals surface area contributed by atoms with Gasteiger partial charge in [-0.1, -0.05) is 18.7 Å². The first kappa shape index (κ1) is 11.1. The van der Waals surface area contributed by atoms with Gasteiger partial charge in [0.05, 0.1) is 6.07 Å². The van der Waals surface area contributed by atoms with Crippen LogP contribution in [0.25, 0.3) is 0 Å². The predicted octanol–water partition coefficient (Wildman–Crippen LogP) is 1.47. The van der Waals surface area contributed by atoms with Crippen LogP contribution in [0.3, 0.4) is 0 Å². The Labute approximate surface area is 87.0 Å². The number of hydrogen-bond donors (Lipinski definition) is 1. The molecule has 0 radical (unpaired) electrons. The van der Waals surface area contributed by atoms with Crippen molar-refractivity contribution in [1.29, 1.82) is 0 Å². The monoisotopic (exact) mass is 214 g/mol. The summed E-state index contributed by atoms with van der Waals surface area (Å²) < 4.78 is 1.56. The molecule has 1 N–H and O–H groups in total. The van der Waals surface area contributed by atoms with E-state index in [0.717, 1.165) is 18.2 Å². The minimum Gasteiger partial charge on any atom is -0.493 e. The molecule has 0 aliphatic rings. The molecule has 0 saturated carbocycles. The van der Waals surface area contributed by atoms with Gasteiger partial charge < -0.3 is 5.11 Å². The molecule has 0 atom stereocenters. The molecule has 14 heavy (non-hydrogen) atoms. The van der Waals surface area contributed by atoms with Gasteiger partial charge in [-0.2, -0.15) is 4.98 Å². The topological polar surface area (TPSA) is 55.1 Å². The third kappa shape index (κ3) is 2.51. The Morgan fingerprint density at radius 1 is 1.57 bits per heavy atom. The van der Waals surface area contributed by atoms with Crippen LogP contribution in [0, 0.1) is 0 Å². The Hall–Kier alpha value is -0.970.